The molecule has 1 fully saturated rings. The third kappa shape index (κ3) is 22.0. The van der Waals surface area contributed by atoms with Crippen molar-refractivity contribution < 1.29 is 19.0 Å². The van der Waals surface area contributed by atoms with Crippen LogP contribution in [0.2, 0.25) is 0 Å². The molecule has 0 saturated carbocycles. The fourth-order valence-electron chi connectivity index (χ4n) is 4.70. The van der Waals surface area contributed by atoms with E-state index in [1.54, 1.807) is 0 Å². The van der Waals surface area contributed by atoms with Gasteiger partial charge in [0.05, 0.1) is 61.6 Å². The topological polar surface area (TPSA) is 130 Å². The molecule has 1 aliphatic rings. The molecule has 0 aliphatic carbocycles. The molecule has 4 aromatic rings. The molecule has 54 heavy (non-hydrogen) atoms. The normalized spacial score (nSPS) is 12.1. The first-order valence-corrected chi connectivity index (χ1v) is 20.5. The SMILES string of the molecule is CC.CCCN(C)C.CCN1CCCC1.CC[N+](C)(C)C.Cc1cc(C(=O)Cc2cc(C)ns2)n(C)c1.Cc1cc(CC(=O)c2cc([N+](=O)[O-])c[nH]2)sn1. The van der Waals surface area contributed by atoms with E-state index in [1.165, 1.54) is 87.3 Å². The molecule has 0 unspecified atom stereocenters. The highest BCUT2D eigenvalue weighted by molar-refractivity contribution is 7.06. The molecule has 0 radical (unpaired) electrons. The van der Waals surface area contributed by atoms with Crippen molar-refractivity contribution in [2.75, 3.05) is 68.0 Å². The highest BCUT2D eigenvalue weighted by Gasteiger charge is 2.16. The molecule has 5 heterocycles. The van der Waals surface area contributed by atoms with Crippen molar-refractivity contribution in [3.05, 3.63) is 84.9 Å². The second-order valence-corrected chi connectivity index (χ2v) is 15.9. The molecule has 1 saturated heterocycles. The van der Waals surface area contributed by atoms with Gasteiger partial charge in [0.25, 0.3) is 5.69 Å². The van der Waals surface area contributed by atoms with Gasteiger partial charge in [0.2, 0.25) is 0 Å². The van der Waals surface area contributed by atoms with Gasteiger partial charge in [-0.1, -0.05) is 27.7 Å². The van der Waals surface area contributed by atoms with E-state index in [1.807, 2.05) is 70.6 Å². The van der Waals surface area contributed by atoms with Crippen LogP contribution in [0.15, 0.2) is 36.7 Å². The van der Waals surface area contributed by atoms with Gasteiger partial charge in [0.1, 0.15) is 0 Å². The number of carbonyl (C=O) groups excluding carboxylic acids is 2. The minimum atomic E-state index is -0.538. The molecule has 0 amide bonds. The number of quaternary nitrogens is 1. The number of likely N-dealkylation sites (tertiary alicyclic amines) is 1. The third-order valence-electron chi connectivity index (χ3n) is 7.89. The van der Waals surface area contributed by atoms with Gasteiger partial charge in [-0.25, -0.2) is 0 Å². The highest BCUT2D eigenvalue weighted by atomic mass is 32.1. The number of nitrogens with one attached hydrogen (secondary N) is 1. The number of hydrogen-bond acceptors (Lipinski definition) is 10. The van der Waals surface area contributed by atoms with Crippen molar-refractivity contribution in [1.29, 1.82) is 0 Å². The Morgan fingerprint density at radius 2 is 1.41 bits per heavy atom. The van der Waals surface area contributed by atoms with Crippen molar-refractivity contribution in [3.63, 3.8) is 0 Å². The number of rotatable bonds is 11. The summed E-state index contributed by atoms with van der Waals surface area (Å²) >= 11 is 2.67. The summed E-state index contributed by atoms with van der Waals surface area (Å²) in [6.07, 6.45) is 7.94. The van der Waals surface area contributed by atoms with Crippen LogP contribution in [0.4, 0.5) is 5.69 Å². The van der Waals surface area contributed by atoms with E-state index in [-0.39, 0.29) is 29.4 Å². The van der Waals surface area contributed by atoms with E-state index in [4.69, 9.17) is 0 Å². The van der Waals surface area contributed by atoms with Gasteiger partial charge in [-0.05, 0) is 134 Å². The van der Waals surface area contributed by atoms with Gasteiger partial charge in [0.15, 0.2) is 11.6 Å². The van der Waals surface area contributed by atoms with E-state index < -0.39 is 4.92 Å². The molecule has 12 nitrogen and oxygen atoms in total. The van der Waals surface area contributed by atoms with E-state index >= 15 is 0 Å². The summed E-state index contributed by atoms with van der Waals surface area (Å²) in [5.74, 6) is -0.0269. The number of nitro groups is 1. The number of aromatic nitrogens is 4. The molecule has 304 valence electrons. The second-order valence-electron chi connectivity index (χ2n) is 14.2. The summed E-state index contributed by atoms with van der Waals surface area (Å²) < 4.78 is 11.2. The fourth-order valence-corrected chi connectivity index (χ4v) is 6.17. The van der Waals surface area contributed by atoms with Gasteiger partial charge >= 0.3 is 0 Å². The number of hydrogen-bond donors (Lipinski definition) is 1. The van der Waals surface area contributed by atoms with Crippen LogP contribution in [-0.2, 0) is 19.9 Å². The van der Waals surface area contributed by atoms with Crippen LogP contribution in [0.3, 0.4) is 0 Å². The maximum absolute atomic E-state index is 12.0. The van der Waals surface area contributed by atoms with Crippen molar-refractivity contribution in [3.8, 4) is 0 Å². The molecule has 1 aliphatic heterocycles. The Labute approximate surface area is 333 Å². The number of aryl methyl sites for hydroxylation is 4. The first kappa shape index (κ1) is 50.4. The van der Waals surface area contributed by atoms with Gasteiger partial charge in [-0.3, -0.25) is 19.7 Å². The summed E-state index contributed by atoms with van der Waals surface area (Å²) in [6.45, 7) is 22.7. The molecule has 0 aromatic carbocycles. The van der Waals surface area contributed by atoms with Crippen LogP contribution in [0, 0.1) is 30.9 Å². The summed E-state index contributed by atoms with van der Waals surface area (Å²) in [5, 5.41) is 10.5. The Kier molecular flexibility index (Phi) is 25.3. The number of carbonyl (C=O) groups is 2. The Morgan fingerprint density at radius 1 is 0.907 bits per heavy atom. The number of ketones is 2. The van der Waals surface area contributed by atoms with Gasteiger partial charge < -0.3 is 23.8 Å². The fraction of sp³-hybridized carbons (Fsp3) is 0.600. The average Bonchev–Trinajstić information content (AvgIpc) is 3.96. The van der Waals surface area contributed by atoms with Crippen LogP contribution in [0.25, 0.3) is 0 Å². The first-order chi connectivity index (χ1) is 25.4. The number of aromatic amines is 1. The van der Waals surface area contributed by atoms with Crippen LogP contribution in [-0.4, -0.2) is 117 Å². The standard InChI is InChI=1S/C12H14N2OS.C10H9N3O3S.C6H13N.C5H14N.C5H13N.C2H6/c1-8-4-11(14(3)7-8)12(15)6-10-5-9(2)13-16-10;1-6-2-8(17-12-6)4-10(14)9-3-7(5-11-9)13(15)16;1-2-7-5-3-4-6-7;1-5-6(2,3)4;1-4-5-6(2)3;1-2/h4-5,7H,6H2,1-3H3;2-3,5,11H,4H2,1H3;2-6H2,1H3;5H2,1-4H3;4-5H2,1-3H3;1-2H3/q;;;+1;;. The van der Waals surface area contributed by atoms with Crippen molar-refractivity contribution in [2.45, 2.75) is 87.5 Å². The van der Waals surface area contributed by atoms with E-state index in [0.29, 0.717) is 6.42 Å². The molecular formula is C40H69N8O4S2+. The zero-order valence-electron chi connectivity index (χ0n) is 35.6. The first-order valence-electron chi connectivity index (χ1n) is 18.9. The minimum Gasteiger partial charge on any atom is -0.353 e. The molecule has 0 spiro atoms. The lowest BCUT2D eigenvalue weighted by molar-refractivity contribution is -0.868. The van der Waals surface area contributed by atoms with Crippen LogP contribution in [0.5, 0.6) is 0 Å². The Bertz CT molecular complexity index is 1630. The van der Waals surface area contributed by atoms with Gasteiger partial charge in [-0.2, -0.15) is 8.75 Å². The summed E-state index contributed by atoms with van der Waals surface area (Å²) in [5.41, 5.74) is 3.89. The summed E-state index contributed by atoms with van der Waals surface area (Å²) in [7, 11) is 12.6. The van der Waals surface area contributed by atoms with Crippen molar-refractivity contribution in [1.82, 2.24) is 28.1 Å². The third-order valence-corrected chi connectivity index (χ3v) is 9.65. The Morgan fingerprint density at radius 3 is 1.70 bits per heavy atom. The number of H-pyrrole nitrogens is 1. The molecule has 0 bridgehead atoms. The molecule has 1 N–H and O–H groups in total. The molecular weight excluding hydrogens is 721 g/mol. The summed E-state index contributed by atoms with van der Waals surface area (Å²) in [6, 6.07) is 6.98. The molecule has 4 aromatic heterocycles. The van der Waals surface area contributed by atoms with E-state index in [9.17, 15) is 19.7 Å². The molecule has 0 atom stereocenters. The maximum Gasteiger partial charge on any atom is 0.287 e. The summed E-state index contributed by atoms with van der Waals surface area (Å²) in [4.78, 5) is 42.9. The van der Waals surface area contributed by atoms with Crippen LogP contribution in [0.1, 0.15) is 102 Å². The smallest absolute Gasteiger partial charge is 0.287 e. The number of Topliss-reactive ketones (excluding diaryl/α,β-unsaturated/α-hetero) is 2. The van der Waals surface area contributed by atoms with Crippen LogP contribution >= 0.6 is 23.1 Å². The Balaban J connectivity index is 0.000000694. The molecule has 5 rings (SSSR count). The second kappa shape index (κ2) is 27.1. The zero-order valence-corrected chi connectivity index (χ0v) is 37.2. The average molecular weight is 790 g/mol. The predicted molar refractivity (Wildman–Crippen MR) is 227 cm³/mol. The highest BCUT2D eigenvalue weighted by Crippen LogP contribution is 2.17. The van der Waals surface area contributed by atoms with Crippen molar-refractivity contribution in [2.24, 2.45) is 7.05 Å². The van der Waals surface area contributed by atoms with Crippen LogP contribution < -0.4 is 0 Å². The maximum atomic E-state index is 12.0. The lowest BCUT2D eigenvalue weighted by atomic mass is 10.2. The molecule has 14 heteroatoms. The number of nitrogens with zero attached hydrogens (tertiary/aromatic N) is 7. The van der Waals surface area contributed by atoms with E-state index in [2.05, 4.69) is 79.5 Å². The Hall–Kier alpha value is -3.56. The zero-order chi connectivity index (χ0) is 41.4. The lowest BCUT2D eigenvalue weighted by Gasteiger charge is -2.20. The van der Waals surface area contributed by atoms with Gasteiger partial charge in [0, 0.05) is 41.9 Å². The predicted octanol–water partition coefficient (Wildman–Crippen LogP) is 8.44. The lowest BCUT2D eigenvalue weighted by Crippen LogP contribution is -2.33. The van der Waals surface area contributed by atoms with Crippen molar-refractivity contribution >= 4 is 40.3 Å². The largest absolute Gasteiger partial charge is 0.353 e. The quantitative estimate of drug-likeness (QED) is 0.0694. The van der Waals surface area contributed by atoms with E-state index in [0.717, 1.165) is 36.9 Å². The minimum absolute atomic E-state index is 0.103. The monoisotopic (exact) mass is 789 g/mol. The van der Waals surface area contributed by atoms with Gasteiger partial charge in [-0.15, -0.1) is 0 Å².